The van der Waals surface area contributed by atoms with E-state index < -0.39 is 12.1 Å². The van der Waals surface area contributed by atoms with Crippen LogP contribution in [0.25, 0.3) is 0 Å². The number of aliphatic hydroxyl groups is 1. The molecule has 5 heteroatoms. The van der Waals surface area contributed by atoms with E-state index in [-0.39, 0.29) is 31.0 Å². The van der Waals surface area contributed by atoms with Crippen molar-refractivity contribution < 1.29 is 18.3 Å². The van der Waals surface area contributed by atoms with E-state index in [0.29, 0.717) is 6.42 Å². The average Bonchev–Trinajstić information content (AvgIpc) is 2.64. The molecule has 0 amide bonds. The Kier molecular flexibility index (Phi) is 3.98. The first-order chi connectivity index (χ1) is 7.97. The van der Waals surface area contributed by atoms with Crippen molar-refractivity contribution in [2.75, 3.05) is 0 Å². The normalized spacial score (nSPS) is 39.5. The molecule has 0 aromatic carbocycles. The Hall–Kier alpha value is -0.290. The molecule has 2 rings (SSSR count). The summed E-state index contributed by atoms with van der Waals surface area (Å²) in [5.41, 5.74) is 0. The number of alkyl halides is 3. The van der Waals surface area contributed by atoms with Gasteiger partial charge in [-0.15, -0.1) is 0 Å². The highest BCUT2D eigenvalue weighted by Crippen LogP contribution is 2.38. The van der Waals surface area contributed by atoms with Gasteiger partial charge in [0.2, 0.25) is 0 Å². The zero-order chi connectivity index (χ0) is 12.5. The molecular formula is C12H20F3NO. The van der Waals surface area contributed by atoms with Crippen molar-refractivity contribution in [3.05, 3.63) is 0 Å². The molecule has 0 aliphatic heterocycles. The van der Waals surface area contributed by atoms with E-state index >= 15 is 0 Å². The smallest absolute Gasteiger partial charge is 0.391 e. The van der Waals surface area contributed by atoms with Crippen molar-refractivity contribution in [3.8, 4) is 0 Å². The molecule has 100 valence electrons. The Morgan fingerprint density at radius 2 is 1.71 bits per heavy atom. The van der Waals surface area contributed by atoms with Gasteiger partial charge in [0, 0.05) is 12.1 Å². The monoisotopic (exact) mass is 251 g/mol. The van der Waals surface area contributed by atoms with Crippen LogP contribution < -0.4 is 5.32 Å². The standard InChI is InChI=1S/C12H20F3NO/c13-12(14,15)8-3-1-4-9(7-8)16-10-5-2-6-11(10)17/h8-11,16-17H,1-7H2/t8-,9-,10-,11+/m0/s1. The van der Waals surface area contributed by atoms with Crippen LogP contribution in [0.15, 0.2) is 0 Å². The minimum Gasteiger partial charge on any atom is -0.392 e. The summed E-state index contributed by atoms with van der Waals surface area (Å²) in [5, 5.41) is 12.9. The summed E-state index contributed by atoms with van der Waals surface area (Å²) in [6.45, 7) is 0. The maximum Gasteiger partial charge on any atom is 0.391 e. The van der Waals surface area contributed by atoms with Gasteiger partial charge in [0.15, 0.2) is 0 Å². The molecule has 0 bridgehead atoms. The van der Waals surface area contributed by atoms with Gasteiger partial charge in [0.05, 0.1) is 12.0 Å². The van der Waals surface area contributed by atoms with Crippen molar-refractivity contribution in [1.29, 1.82) is 0 Å². The maximum atomic E-state index is 12.6. The molecule has 2 aliphatic carbocycles. The van der Waals surface area contributed by atoms with E-state index in [0.717, 1.165) is 25.7 Å². The maximum absolute atomic E-state index is 12.6. The van der Waals surface area contributed by atoms with Crippen LogP contribution in [-0.4, -0.2) is 29.5 Å². The van der Waals surface area contributed by atoms with Crippen LogP contribution in [0.3, 0.4) is 0 Å². The molecule has 2 fully saturated rings. The highest BCUT2D eigenvalue weighted by molar-refractivity contribution is 4.89. The predicted molar refractivity (Wildman–Crippen MR) is 58.6 cm³/mol. The van der Waals surface area contributed by atoms with Gasteiger partial charge in [-0.3, -0.25) is 0 Å². The molecule has 17 heavy (non-hydrogen) atoms. The molecule has 0 saturated heterocycles. The molecule has 2 N–H and O–H groups in total. The minimum absolute atomic E-state index is 0.00647. The number of nitrogens with one attached hydrogen (secondary N) is 1. The molecule has 2 nitrogen and oxygen atoms in total. The van der Waals surface area contributed by atoms with E-state index in [9.17, 15) is 18.3 Å². The summed E-state index contributed by atoms with van der Waals surface area (Å²) >= 11 is 0. The van der Waals surface area contributed by atoms with Crippen molar-refractivity contribution >= 4 is 0 Å². The number of halogens is 3. The Bertz CT molecular complexity index is 255. The Morgan fingerprint density at radius 1 is 1.00 bits per heavy atom. The van der Waals surface area contributed by atoms with Crippen LogP contribution in [0, 0.1) is 5.92 Å². The van der Waals surface area contributed by atoms with E-state index in [4.69, 9.17) is 0 Å². The summed E-state index contributed by atoms with van der Waals surface area (Å²) in [4.78, 5) is 0. The molecule has 2 aliphatic rings. The van der Waals surface area contributed by atoms with Crippen molar-refractivity contribution in [1.82, 2.24) is 5.32 Å². The lowest BCUT2D eigenvalue weighted by Crippen LogP contribution is -2.46. The molecule has 0 radical (unpaired) electrons. The van der Waals surface area contributed by atoms with E-state index in [1.807, 2.05) is 0 Å². The van der Waals surface area contributed by atoms with Gasteiger partial charge in [-0.1, -0.05) is 6.42 Å². The highest BCUT2D eigenvalue weighted by Gasteiger charge is 2.42. The second kappa shape index (κ2) is 5.14. The first kappa shape index (κ1) is 13.1. The lowest BCUT2D eigenvalue weighted by Gasteiger charge is -2.33. The van der Waals surface area contributed by atoms with Crippen LogP contribution in [0.1, 0.15) is 44.9 Å². The first-order valence-corrected chi connectivity index (χ1v) is 6.47. The second-order valence-electron chi connectivity index (χ2n) is 5.37. The third-order valence-electron chi connectivity index (χ3n) is 4.07. The SMILES string of the molecule is O[C@@H]1CCC[C@@H]1N[C@H]1CCC[C@H](C(F)(F)F)C1. The summed E-state index contributed by atoms with van der Waals surface area (Å²) < 4.78 is 37.9. The second-order valence-corrected chi connectivity index (χ2v) is 5.37. The fourth-order valence-corrected chi connectivity index (χ4v) is 3.08. The number of aliphatic hydroxyl groups excluding tert-OH is 1. The van der Waals surface area contributed by atoms with Crippen molar-refractivity contribution in [2.45, 2.75) is 69.3 Å². The zero-order valence-corrected chi connectivity index (χ0v) is 9.84. The summed E-state index contributed by atoms with van der Waals surface area (Å²) in [5.74, 6) is -1.16. The lowest BCUT2D eigenvalue weighted by atomic mass is 9.85. The van der Waals surface area contributed by atoms with E-state index in [2.05, 4.69) is 5.32 Å². The molecule has 4 atom stereocenters. The quantitative estimate of drug-likeness (QED) is 0.790. The Balaban J connectivity index is 1.85. The Labute approximate surface area is 99.6 Å². The number of hydrogen-bond acceptors (Lipinski definition) is 2. The van der Waals surface area contributed by atoms with Crippen LogP contribution >= 0.6 is 0 Å². The van der Waals surface area contributed by atoms with Crippen molar-refractivity contribution in [2.24, 2.45) is 5.92 Å². The fourth-order valence-electron chi connectivity index (χ4n) is 3.08. The number of hydrogen-bond donors (Lipinski definition) is 2. The zero-order valence-electron chi connectivity index (χ0n) is 9.84. The van der Waals surface area contributed by atoms with Gasteiger partial charge in [-0.05, 0) is 38.5 Å². The topological polar surface area (TPSA) is 32.3 Å². The van der Waals surface area contributed by atoms with E-state index in [1.165, 1.54) is 0 Å². The van der Waals surface area contributed by atoms with Crippen molar-refractivity contribution in [3.63, 3.8) is 0 Å². The average molecular weight is 251 g/mol. The third-order valence-corrected chi connectivity index (χ3v) is 4.07. The molecule has 0 unspecified atom stereocenters. The third kappa shape index (κ3) is 3.35. The van der Waals surface area contributed by atoms with Gasteiger partial charge in [-0.2, -0.15) is 13.2 Å². The largest absolute Gasteiger partial charge is 0.392 e. The Morgan fingerprint density at radius 3 is 2.29 bits per heavy atom. The highest BCUT2D eigenvalue weighted by atomic mass is 19.4. The van der Waals surface area contributed by atoms with Gasteiger partial charge in [0.25, 0.3) is 0 Å². The molecule has 2 saturated carbocycles. The molecule has 0 spiro atoms. The fraction of sp³-hybridized carbons (Fsp3) is 1.00. The predicted octanol–water partition coefficient (Wildman–Crippen LogP) is 2.61. The minimum atomic E-state index is -4.06. The van der Waals surface area contributed by atoms with Crippen LogP contribution in [0.2, 0.25) is 0 Å². The molecule has 0 aromatic heterocycles. The summed E-state index contributed by atoms with van der Waals surface area (Å²) in [6, 6.07) is -0.0693. The first-order valence-electron chi connectivity index (χ1n) is 6.47. The van der Waals surface area contributed by atoms with Gasteiger partial charge >= 0.3 is 6.18 Å². The molecule has 0 heterocycles. The summed E-state index contributed by atoms with van der Waals surface area (Å²) in [6.07, 6.45) is 0.0492. The number of rotatable bonds is 2. The van der Waals surface area contributed by atoms with Gasteiger partial charge in [-0.25, -0.2) is 0 Å². The van der Waals surface area contributed by atoms with Crippen LogP contribution in [0.4, 0.5) is 13.2 Å². The van der Waals surface area contributed by atoms with Crippen LogP contribution in [-0.2, 0) is 0 Å². The molecule has 0 aromatic rings. The molecular weight excluding hydrogens is 231 g/mol. The lowest BCUT2D eigenvalue weighted by molar-refractivity contribution is -0.184. The van der Waals surface area contributed by atoms with Gasteiger partial charge < -0.3 is 10.4 Å². The van der Waals surface area contributed by atoms with E-state index in [1.54, 1.807) is 0 Å². The van der Waals surface area contributed by atoms with Gasteiger partial charge in [0.1, 0.15) is 0 Å². The van der Waals surface area contributed by atoms with Crippen LogP contribution in [0.5, 0.6) is 0 Å². The summed E-state index contributed by atoms with van der Waals surface area (Å²) in [7, 11) is 0.